The maximum Gasteiger partial charge on any atom is 0.293 e. The highest BCUT2D eigenvalue weighted by Gasteiger charge is 2.08. The van der Waals surface area contributed by atoms with Crippen molar-refractivity contribution in [3.63, 3.8) is 0 Å². The molecule has 0 aliphatic carbocycles. The lowest BCUT2D eigenvalue weighted by Crippen LogP contribution is -2.14. The summed E-state index contributed by atoms with van der Waals surface area (Å²) in [4.78, 5) is 10.3. The van der Waals surface area contributed by atoms with Gasteiger partial charge in [0.2, 0.25) is 0 Å². The lowest BCUT2D eigenvalue weighted by atomic mass is 10.1. The molecular formula is C13H25O3. The predicted molar refractivity (Wildman–Crippen MR) is 64.9 cm³/mol. The number of carbonyl (C=O) groups excluding carboxylic acids is 1. The molecule has 1 radical (unpaired) electrons. The summed E-state index contributed by atoms with van der Waals surface area (Å²) in [5.41, 5.74) is 0. The molecule has 0 saturated heterocycles. The van der Waals surface area contributed by atoms with Gasteiger partial charge >= 0.3 is 0 Å². The summed E-state index contributed by atoms with van der Waals surface area (Å²) in [6.45, 7) is 6.90. The summed E-state index contributed by atoms with van der Waals surface area (Å²) in [5.74, 6) is 0. The maximum atomic E-state index is 10.3. The standard InChI is InChI=1S/C13H25O3/c1-3-5-6-7-8-9-13(16-12-14)10-11-15-4-2/h4,12-13H,3,5-11H2,1-2H3. The molecule has 0 bridgehead atoms. The second-order valence-electron chi connectivity index (χ2n) is 3.95. The molecule has 0 aliphatic heterocycles. The van der Waals surface area contributed by atoms with Gasteiger partial charge < -0.3 is 9.47 Å². The van der Waals surface area contributed by atoms with Gasteiger partial charge in [-0.15, -0.1) is 0 Å². The Morgan fingerprint density at radius 3 is 2.50 bits per heavy atom. The average Bonchev–Trinajstić information content (AvgIpc) is 2.29. The Hall–Kier alpha value is -0.570. The normalized spacial score (nSPS) is 12.4. The van der Waals surface area contributed by atoms with E-state index in [-0.39, 0.29) is 6.10 Å². The molecule has 0 fully saturated rings. The van der Waals surface area contributed by atoms with E-state index in [4.69, 9.17) is 9.47 Å². The van der Waals surface area contributed by atoms with Crippen molar-refractivity contribution in [2.24, 2.45) is 0 Å². The third-order valence-corrected chi connectivity index (χ3v) is 2.60. The molecule has 0 N–H and O–H groups in total. The highest BCUT2D eigenvalue weighted by atomic mass is 16.5. The summed E-state index contributed by atoms with van der Waals surface area (Å²) < 4.78 is 10.2. The van der Waals surface area contributed by atoms with E-state index in [1.165, 1.54) is 25.7 Å². The first-order valence-corrected chi connectivity index (χ1v) is 6.33. The van der Waals surface area contributed by atoms with E-state index >= 15 is 0 Å². The average molecular weight is 229 g/mol. The van der Waals surface area contributed by atoms with Gasteiger partial charge in [-0.25, -0.2) is 0 Å². The third-order valence-electron chi connectivity index (χ3n) is 2.60. The summed E-state index contributed by atoms with van der Waals surface area (Å²) in [6.07, 6.45) is 7.97. The summed E-state index contributed by atoms with van der Waals surface area (Å²) in [7, 11) is 0. The van der Waals surface area contributed by atoms with Crippen LogP contribution in [0.15, 0.2) is 0 Å². The number of hydrogen-bond donors (Lipinski definition) is 0. The molecule has 95 valence electrons. The van der Waals surface area contributed by atoms with Crippen LogP contribution in [0.25, 0.3) is 0 Å². The lowest BCUT2D eigenvalue weighted by Gasteiger charge is -2.14. The smallest absolute Gasteiger partial charge is 0.293 e. The molecule has 0 heterocycles. The third kappa shape index (κ3) is 9.97. The molecule has 0 spiro atoms. The van der Waals surface area contributed by atoms with Crippen LogP contribution in [0, 0.1) is 6.61 Å². The van der Waals surface area contributed by atoms with Gasteiger partial charge in [0.15, 0.2) is 0 Å². The van der Waals surface area contributed by atoms with Crippen LogP contribution < -0.4 is 0 Å². The zero-order valence-electron chi connectivity index (χ0n) is 10.6. The number of ether oxygens (including phenoxy) is 2. The van der Waals surface area contributed by atoms with Crippen LogP contribution in [-0.2, 0) is 14.3 Å². The minimum absolute atomic E-state index is 0.0269. The molecule has 1 unspecified atom stereocenters. The van der Waals surface area contributed by atoms with Crippen molar-refractivity contribution in [3.05, 3.63) is 6.61 Å². The van der Waals surface area contributed by atoms with Gasteiger partial charge in [0.05, 0.1) is 13.2 Å². The van der Waals surface area contributed by atoms with Crippen molar-refractivity contribution in [3.8, 4) is 0 Å². The van der Waals surface area contributed by atoms with Gasteiger partial charge in [-0.1, -0.05) is 32.6 Å². The Balaban J connectivity index is 3.47. The molecule has 3 nitrogen and oxygen atoms in total. The highest BCUT2D eigenvalue weighted by Crippen LogP contribution is 2.11. The van der Waals surface area contributed by atoms with Crippen LogP contribution in [0.3, 0.4) is 0 Å². The van der Waals surface area contributed by atoms with Crippen LogP contribution >= 0.6 is 0 Å². The van der Waals surface area contributed by atoms with E-state index in [1.54, 1.807) is 6.61 Å². The molecular weight excluding hydrogens is 204 g/mol. The van der Waals surface area contributed by atoms with E-state index in [2.05, 4.69) is 6.92 Å². The number of carbonyl (C=O) groups is 1. The molecule has 0 aliphatic rings. The molecule has 16 heavy (non-hydrogen) atoms. The van der Waals surface area contributed by atoms with E-state index in [0.717, 1.165) is 19.3 Å². The van der Waals surface area contributed by atoms with Crippen molar-refractivity contribution in [2.75, 3.05) is 6.61 Å². The lowest BCUT2D eigenvalue weighted by molar-refractivity contribution is -0.134. The van der Waals surface area contributed by atoms with Crippen LogP contribution in [0.4, 0.5) is 0 Å². The Labute approximate surface area is 99.5 Å². The van der Waals surface area contributed by atoms with Gasteiger partial charge in [0, 0.05) is 6.42 Å². The minimum atomic E-state index is 0.0269. The van der Waals surface area contributed by atoms with Crippen molar-refractivity contribution >= 4 is 6.47 Å². The summed E-state index contributed by atoms with van der Waals surface area (Å²) in [5, 5.41) is 0. The minimum Gasteiger partial charge on any atom is -0.464 e. The maximum absolute atomic E-state index is 10.3. The zero-order chi connectivity index (χ0) is 12.1. The van der Waals surface area contributed by atoms with Gasteiger partial charge in [0.25, 0.3) is 6.47 Å². The van der Waals surface area contributed by atoms with E-state index in [9.17, 15) is 4.79 Å². The predicted octanol–water partition coefficient (Wildman–Crippen LogP) is 3.48. The van der Waals surface area contributed by atoms with Crippen molar-refractivity contribution in [1.82, 2.24) is 0 Å². The van der Waals surface area contributed by atoms with Gasteiger partial charge in [0.1, 0.15) is 6.10 Å². The highest BCUT2D eigenvalue weighted by molar-refractivity contribution is 5.37. The van der Waals surface area contributed by atoms with Gasteiger partial charge in [-0.05, 0) is 19.8 Å². The van der Waals surface area contributed by atoms with Crippen molar-refractivity contribution < 1.29 is 14.3 Å². The molecule has 0 aromatic rings. The molecule has 0 aromatic carbocycles. The quantitative estimate of drug-likeness (QED) is 0.379. The number of hydrogen-bond acceptors (Lipinski definition) is 3. The topological polar surface area (TPSA) is 35.5 Å². The largest absolute Gasteiger partial charge is 0.464 e. The second kappa shape index (κ2) is 12.5. The monoisotopic (exact) mass is 229 g/mol. The fourth-order valence-corrected chi connectivity index (χ4v) is 1.65. The van der Waals surface area contributed by atoms with Crippen LogP contribution in [0.5, 0.6) is 0 Å². The van der Waals surface area contributed by atoms with E-state index in [1.807, 2.05) is 6.92 Å². The Bertz CT molecular complexity index is 148. The SMILES string of the molecule is C[CH]OCCC(CCCCCCC)OC=O. The molecule has 0 saturated carbocycles. The number of unbranched alkanes of at least 4 members (excludes halogenated alkanes) is 4. The fourth-order valence-electron chi connectivity index (χ4n) is 1.65. The number of rotatable bonds is 12. The molecule has 1 atom stereocenters. The Morgan fingerprint density at radius 1 is 1.12 bits per heavy atom. The summed E-state index contributed by atoms with van der Waals surface area (Å²) >= 11 is 0. The first kappa shape index (κ1) is 15.4. The molecule has 0 amide bonds. The molecule has 3 heteroatoms. The Kier molecular flexibility index (Phi) is 12.1. The van der Waals surface area contributed by atoms with E-state index in [0.29, 0.717) is 13.1 Å². The fraction of sp³-hybridized carbons (Fsp3) is 0.846. The second-order valence-corrected chi connectivity index (χ2v) is 3.95. The first-order valence-electron chi connectivity index (χ1n) is 6.33. The van der Waals surface area contributed by atoms with Crippen molar-refractivity contribution in [2.45, 2.75) is 64.9 Å². The van der Waals surface area contributed by atoms with Crippen molar-refractivity contribution in [1.29, 1.82) is 0 Å². The zero-order valence-corrected chi connectivity index (χ0v) is 10.6. The van der Waals surface area contributed by atoms with Crippen LogP contribution in [0.2, 0.25) is 0 Å². The summed E-state index contributed by atoms with van der Waals surface area (Å²) in [6, 6.07) is 0. The van der Waals surface area contributed by atoms with Gasteiger partial charge in [-0.3, -0.25) is 4.79 Å². The van der Waals surface area contributed by atoms with E-state index < -0.39 is 0 Å². The van der Waals surface area contributed by atoms with Crippen LogP contribution in [0.1, 0.15) is 58.8 Å². The van der Waals surface area contributed by atoms with Crippen LogP contribution in [-0.4, -0.2) is 19.2 Å². The Morgan fingerprint density at radius 2 is 1.88 bits per heavy atom. The molecule has 0 aromatic heterocycles. The first-order chi connectivity index (χ1) is 7.85. The van der Waals surface area contributed by atoms with Gasteiger partial charge in [-0.2, -0.15) is 0 Å². The molecule has 0 rings (SSSR count).